The molecule has 2 aliphatic carbocycles. The fraction of sp³-hybridized carbons (Fsp3) is 0.636. The Balaban J connectivity index is 1.47. The first kappa shape index (κ1) is 20.9. The standard InChI is InChI=1S/C22H34N6O2/c1-4-24-18(13-19(23)28-11-10-27(5-2)20(29)14-28)21-16-12-15(30-22(3)8-9-22)6-7-17(16)25-26-21/h4,13,15,21,23-26H,1,5-12,14H2,2-3H3/t15?,21-/m1/s1. The maximum absolute atomic E-state index is 12.2. The highest BCUT2D eigenvalue weighted by Gasteiger charge is 2.43. The van der Waals surface area contributed by atoms with Crippen molar-refractivity contribution in [1.29, 1.82) is 5.41 Å². The van der Waals surface area contributed by atoms with Crippen LogP contribution in [0.15, 0.2) is 35.8 Å². The number of amides is 1. The molecule has 1 unspecified atom stereocenters. The molecule has 0 radical (unpaired) electrons. The highest BCUT2D eigenvalue weighted by molar-refractivity contribution is 5.94. The normalized spacial score (nSPS) is 28.2. The zero-order valence-electron chi connectivity index (χ0n) is 18.1. The molecular formula is C22H34N6O2. The summed E-state index contributed by atoms with van der Waals surface area (Å²) in [6, 6.07) is -0.0654. The third kappa shape index (κ3) is 4.39. The predicted molar refractivity (Wildman–Crippen MR) is 116 cm³/mol. The molecule has 8 nitrogen and oxygen atoms in total. The van der Waals surface area contributed by atoms with Crippen LogP contribution in [0.25, 0.3) is 0 Å². The van der Waals surface area contributed by atoms with Gasteiger partial charge >= 0.3 is 0 Å². The SMILES string of the molecule is C=CNC(=CC(=N)N1CCN(CC)C(=O)C1)[C@@H]1NNC2=C1CC(OC1(C)CC1)CC2. The Morgan fingerprint density at radius 2 is 2.23 bits per heavy atom. The summed E-state index contributed by atoms with van der Waals surface area (Å²) in [7, 11) is 0. The summed E-state index contributed by atoms with van der Waals surface area (Å²) < 4.78 is 6.35. The maximum atomic E-state index is 12.2. The van der Waals surface area contributed by atoms with Gasteiger partial charge in [-0.3, -0.25) is 10.2 Å². The summed E-state index contributed by atoms with van der Waals surface area (Å²) >= 11 is 0. The van der Waals surface area contributed by atoms with Crippen molar-refractivity contribution in [2.75, 3.05) is 26.2 Å². The average molecular weight is 415 g/mol. The van der Waals surface area contributed by atoms with Gasteiger partial charge in [-0.25, -0.2) is 5.43 Å². The molecule has 2 fully saturated rings. The monoisotopic (exact) mass is 414 g/mol. The van der Waals surface area contributed by atoms with Crippen LogP contribution in [0.5, 0.6) is 0 Å². The van der Waals surface area contributed by atoms with Crippen LogP contribution in [0.3, 0.4) is 0 Å². The number of hydrogen-bond donors (Lipinski definition) is 4. The summed E-state index contributed by atoms with van der Waals surface area (Å²) in [6.07, 6.45) is 8.88. The second-order valence-corrected chi connectivity index (χ2v) is 8.87. The molecule has 2 aliphatic heterocycles. The fourth-order valence-corrected chi connectivity index (χ4v) is 4.49. The zero-order chi connectivity index (χ0) is 21.3. The molecule has 4 N–H and O–H groups in total. The van der Waals surface area contributed by atoms with E-state index < -0.39 is 0 Å². The van der Waals surface area contributed by atoms with Gasteiger partial charge in [0.05, 0.1) is 24.3 Å². The number of carbonyl (C=O) groups excluding carboxylic acids is 1. The number of hydrazine groups is 1. The minimum absolute atomic E-state index is 0.0654. The average Bonchev–Trinajstić information content (AvgIpc) is 3.30. The van der Waals surface area contributed by atoms with Crippen LogP contribution in [0.4, 0.5) is 0 Å². The topological polar surface area (TPSA) is 92.7 Å². The van der Waals surface area contributed by atoms with E-state index >= 15 is 0 Å². The minimum atomic E-state index is -0.0654. The molecule has 4 rings (SSSR count). The maximum Gasteiger partial charge on any atom is 0.242 e. The van der Waals surface area contributed by atoms with E-state index in [1.54, 1.807) is 6.20 Å². The molecule has 0 aromatic carbocycles. The van der Waals surface area contributed by atoms with E-state index in [0.717, 1.165) is 44.3 Å². The van der Waals surface area contributed by atoms with Gasteiger partial charge in [0, 0.05) is 37.1 Å². The van der Waals surface area contributed by atoms with Gasteiger partial charge in [0.15, 0.2) is 0 Å². The first-order chi connectivity index (χ1) is 14.4. The van der Waals surface area contributed by atoms with Crippen LogP contribution < -0.4 is 16.2 Å². The highest BCUT2D eigenvalue weighted by atomic mass is 16.5. The number of ether oxygens (including phenoxy) is 1. The molecule has 1 amide bonds. The van der Waals surface area contributed by atoms with Gasteiger partial charge in [-0.2, -0.15) is 0 Å². The predicted octanol–water partition coefficient (Wildman–Crippen LogP) is 1.60. The van der Waals surface area contributed by atoms with Crippen LogP contribution in [0.2, 0.25) is 0 Å². The fourth-order valence-electron chi connectivity index (χ4n) is 4.49. The first-order valence-electron chi connectivity index (χ1n) is 11.0. The number of amidine groups is 1. The smallest absolute Gasteiger partial charge is 0.242 e. The lowest BCUT2D eigenvalue weighted by molar-refractivity contribution is -0.134. The number of piperazine rings is 1. The molecule has 1 saturated heterocycles. The van der Waals surface area contributed by atoms with Gasteiger partial charge in [-0.15, -0.1) is 0 Å². The third-order valence-electron chi connectivity index (χ3n) is 6.59. The Morgan fingerprint density at radius 3 is 2.90 bits per heavy atom. The first-order valence-corrected chi connectivity index (χ1v) is 11.0. The van der Waals surface area contributed by atoms with E-state index in [1.807, 2.05) is 22.8 Å². The van der Waals surface area contributed by atoms with Crippen molar-refractivity contribution in [1.82, 2.24) is 26.0 Å². The Hall–Kier alpha value is -2.32. The Kier molecular flexibility index (Phi) is 5.88. The molecule has 2 atom stereocenters. The van der Waals surface area contributed by atoms with Gasteiger partial charge < -0.3 is 25.3 Å². The Labute approximate surface area is 178 Å². The van der Waals surface area contributed by atoms with E-state index in [1.165, 1.54) is 11.3 Å². The quantitative estimate of drug-likeness (QED) is 0.374. The molecule has 0 aromatic rings. The lowest BCUT2D eigenvalue weighted by Gasteiger charge is -2.34. The molecule has 0 aromatic heterocycles. The number of nitrogens with zero attached hydrogens (tertiary/aromatic N) is 2. The van der Waals surface area contributed by atoms with E-state index in [4.69, 9.17) is 10.1 Å². The van der Waals surface area contributed by atoms with Crippen molar-refractivity contribution < 1.29 is 9.53 Å². The lowest BCUT2D eigenvalue weighted by atomic mass is 9.89. The van der Waals surface area contributed by atoms with Crippen molar-refractivity contribution in [2.45, 2.75) is 63.7 Å². The van der Waals surface area contributed by atoms with Gasteiger partial charge in [0.1, 0.15) is 5.84 Å². The van der Waals surface area contributed by atoms with Crippen LogP contribution in [0, 0.1) is 5.41 Å². The van der Waals surface area contributed by atoms with Crippen molar-refractivity contribution in [3.63, 3.8) is 0 Å². The molecule has 164 valence electrons. The number of allylic oxidation sites excluding steroid dienone is 1. The minimum Gasteiger partial charge on any atom is -0.372 e. The second-order valence-electron chi connectivity index (χ2n) is 8.87. The molecule has 1 saturated carbocycles. The van der Waals surface area contributed by atoms with E-state index in [0.29, 0.717) is 18.9 Å². The number of carbonyl (C=O) groups is 1. The van der Waals surface area contributed by atoms with E-state index in [2.05, 4.69) is 29.7 Å². The van der Waals surface area contributed by atoms with Crippen molar-refractivity contribution >= 4 is 11.7 Å². The summed E-state index contributed by atoms with van der Waals surface area (Å²) in [5, 5.41) is 11.8. The molecule has 8 heteroatoms. The zero-order valence-corrected chi connectivity index (χ0v) is 18.1. The van der Waals surface area contributed by atoms with Crippen LogP contribution in [-0.2, 0) is 9.53 Å². The van der Waals surface area contributed by atoms with Crippen LogP contribution >= 0.6 is 0 Å². The molecule has 30 heavy (non-hydrogen) atoms. The lowest BCUT2D eigenvalue weighted by Crippen LogP contribution is -2.51. The largest absolute Gasteiger partial charge is 0.372 e. The summed E-state index contributed by atoms with van der Waals surface area (Å²) in [6.45, 7) is 10.3. The van der Waals surface area contributed by atoms with Crippen molar-refractivity contribution in [2.24, 2.45) is 0 Å². The van der Waals surface area contributed by atoms with Crippen molar-refractivity contribution in [3.8, 4) is 0 Å². The van der Waals surface area contributed by atoms with E-state index in [9.17, 15) is 4.79 Å². The Morgan fingerprint density at radius 1 is 1.43 bits per heavy atom. The second kappa shape index (κ2) is 8.43. The van der Waals surface area contributed by atoms with Gasteiger partial charge in [-0.1, -0.05) is 6.58 Å². The van der Waals surface area contributed by atoms with E-state index in [-0.39, 0.29) is 30.2 Å². The molecular weight excluding hydrogens is 380 g/mol. The van der Waals surface area contributed by atoms with Gasteiger partial charge in [0.25, 0.3) is 0 Å². The van der Waals surface area contributed by atoms with Crippen molar-refractivity contribution in [3.05, 3.63) is 35.8 Å². The number of rotatable bonds is 7. The molecule has 2 heterocycles. The Bertz CT molecular complexity index is 784. The summed E-state index contributed by atoms with van der Waals surface area (Å²) in [5.74, 6) is 0.417. The summed E-state index contributed by atoms with van der Waals surface area (Å²) in [4.78, 5) is 15.9. The third-order valence-corrected chi connectivity index (χ3v) is 6.59. The van der Waals surface area contributed by atoms with Gasteiger partial charge in [-0.05, 0) is 57.7 Å². The number of nitrogens with one attached hydrogen (secondary N) is 4. The molecule has 0 spiro atoms. The molecule has 0 bridgehead atoms. The van der Waals surface area contributed by atoms with Crippen LogP contribution in [0.1, 0.15) is 46.0 Å². The number of hydrogen-bond acceptors (Lipinski definition) is 6. The summed E-state index contributed by atoms with van der Waals surface area (Å²) in [5.41, 5.74) is 10.2. The number of likely N-dealkylation sites (N-methyl/N-ethyl adjacent to an activating group) is 1. The highest BCUT2D eigenvalue weighted by Crippen LogP contribution is 2.43. The van der Waals surface area contributed by atoms with Gasteiger partial charge in [0.2, 0.25) is 5.91 Å². The molecule has 4 aliphatic rings. The van der Waals surface area contributed by atoms with Crippen LogP contribution in [-0.4, -0.2) is 65.5 Å².